The second-order valence-electron chi connectivity index (χ2n) is 5.63. The molecule has 1 atom stereocenters. The predicted octanol–water partition coefficient (Wildman–Crippen LogP) is 4.58. The van der Waals surface area contributed by atoms with Crippen LogP contribution in [0.1, 0.15) is 33.6 Å². The van der Waals surface area contributed by atoms with Gasteiger partial charge in [-0.25, -0.2) is 0 Å². The maximum atomic E-state index is 12.6. The first kappa shape index (κ1) is 23.1. The van der Waals surface area contributed by atoms with Gasteiger partial charge in [0.1, 0.15) is 5.70 Å². The Hall–Kier alpha value is -1.87. The quantitative estimate of drug-likeness (QED) is 0.253. The molecule has 0 aliphatic rings. The van der Waals surface area contributed by atoms with E-state index in [-0.39, 0.29) is 13.2 Å². The van der Waals surface area contributed by atoms with E-state index in [0.29, 0.717) is 18.6 Å². The van der Waals surface area contributed by atoms with Gasteiger partial charge in [0.05, 0.1) is 26.1 Å². The molecule has 0 amide bonds. The third-order valence-corrected chi connectivity index (χ3v) is 3.65. The van der Waals surface area contributed by atoms with Gasteiger partial charge in [-0.2, -0.15) is 13.2 Å². The number of hydrogen-bond acceptors (Lipinski definition) is 3. The Morgan fingerprint density at radius 1 is 1.36 bits per heavy atom. The molecule has 0 saturated carbocycles. The van der Waals surface area contributed by atoms with Crippen LogP contribution in [0.3, 0.4) is 0 Å². The predicted molar refractivity (Wildman–Crippen MR) is 94.7 cm³/mol. The summed E-state index contributed by atoms with van der Waals surface area (Å²) >= 11 is 0. The zero-order valence-electron chi connectivity index (χ0n) is 15.4. The minimum absolute atomic E-state index is 0.0214. The summed E-state index contributed by atoms with van der Waals surface area (Å²) in [6.07, 6.45) is 6.82. The molecule has 0 fully saturated rings. The fourth-order valence-electron chi connectivity index (χ4n) is 1.90. The molecule has 0 aromatic heterocycles. The molecule has 1 N–H and O–H groups in total. The highest BCUT2D eigenvalue weighted by Gasteiger charge is 2.33. The summed E-state index contributed by atoms with van der Waals surface area (Å²) in [5, 5.41) is 2.24. The molecule has 0 rings (SSSR count). The Morgan fingerprint density at radius 3 is 2.56 bits per heavy atom. The summed E-state index contributed by atoms with van der Waals surface area (Å²) in [4.78, 5) is 0. The average Bonchev–Trinajstić information content (AvgIpc) is 2.56. The van der Waals surface area contributed by atoms with E-state index < -0.39 is 11.9 Å². The van der Waals surface area contributed by atoms with Gasteiger partial charge < -0.3 is 14.8 Å². The fourth-order valence-corrected chi connectivity index (χ4v) is 1.90. The summed E-state index contributed by atoms with van der Waals surface area (Å²) in [6.45, 7) is 6.67. The summed E-state index contributed by atoms with van der Waals surface area (Å²) < 4.78 is 48.3. The van der Waals surface area contributed by atoms with Crippen molar-refractivity contribution >= 4 is 0 Å². The van der Waals surface area contributed by atoms with E-state index in [0.717, 1.165) is 24.2 Å². The van der Waals surface area contributed by atoms with Crippen LogP contribution in [0.2, 0.25) is 0 Å². The first-order valence-corrected chi connectivity index (χ1v) is 8.21. The van der Waals surface area contributed by atoms with Crippen LogP contribution in [-0.4, -0.2) is 33.0 Å². The monoisotopic (exact) mass is 359 g/mol. The number of methoxy groups -OCH3 is 1. The van der Waals surface area contributed by atoms with E-state index in [1.807, 2.05) is 25.0 Å². The Labute approximate surface area is 149 Å². The number of hydrogen-bond donors (Lipinski definition) is 1. The molecule has 142 valence electrons. The average molecular weight is 359 g/mol. The van der Waals surface area contributed by atoms with E-state index in [2.05, 4.69) is 19.2 Å². The van der Waals surface area contributed by atoms with Gasteiger partial charge in [-0.15, -0.1) is 6.42 Å². The smallest absolute Gasteiger partial charge is 0.431 e. The summed E-state index contributed by atoms with van der Waals surface area (Å²) in [7, 11) is 1.63. The minimum atomic E-state index is -4.49. The highest BCUT2D eigenvalue weighted by Crippen LogP contribution is 2.22. The first-order chi connectivity index (χ1) is 11.8. The fraction of sp³-hybridized carbons (Fsp3) is 0.579. The molecule has 0 saturated heterocycles. The third kappa shape index (κ3) is 10.6. The van der Waals surface area contributed by atoms with Gasteiger partial charge in [-0.3, -0.25) is 0 Å². The normalized spacial score (nSPS) is 14.9. The number of ether oxygens (including phenoxy) is 2. The van der Waals surface area contributed by atoms with E-state index >= 15 is 0 Å². The molecule has 0 heterocycles. The molecule has 0 aliphatic carbocycles. The van der Waals surface area contributed by atoms with Crippen molar-refractivity contribution in [2.24, 2.45) is 5.92 Å². The number of nitrogens with one attached hydrogen (secondary N) is 1. The molecule has 0 aliphatic heterocycles. The molecule has 0 radical (unpaired) electrons. The Kier molecular flexibility index (Phi) is 11.6. The van der Waals surface area contributed by atoms with Crippen molar-refractivity contribution in [3.8, 4) is 12.3 Å². The van der Waals surface area contributed by atoms with Crippen molar-refractivity contribution in [3.63, 3.8) is 0 Å². The lowest BCUT2D eigenvalue weighted by Gasteiger charge is -2.13. The van der Waals surface area contributed by atoms with Gasteiger partial charge in [0.25, 0.3) is 0 Å². The van der Waals surface area contributed by atoms with Crippen LogP contribution in [-0.2, 0) is 9.47 Å². The third-order valence-electron chi connectivity index (χ3n) is 3.65. The van der Waals surface area contributed by atoms with Crippen molar-refractivity contribution in [2.75, 3.05) is 26.9 Å². The van der Waals surface area contributed by atoms with Gasteiger partial charge in [-0.05, 0) is 24.8 Å². The van der Waals surface area contributed by atoms with Crippen LogP contribution in [0.25, 0.3) is 0 Å². The summed E-state index contributed by atoms with van der Waals surface area (Å²) in [5.74, 6) is 3.27. The Morgan fingerprint density at radius 2 is 2.04 bits per heavy atom. The van der Waals surface area contributed by atoms with Crippen molar-refractivity contribution in [2.45, 2.75) is 39.8 Å². The van der Waals surface area contributed by atoms with Crippen LogP contribution in [0, 0.1) is 18.3 Å². The Bertz CT molecular complexity index is 514. The summed E-state index contributed by atoms with van der Waals surface area (Å²) in [6, 6.07) is 0. The largest absolute Gasteiger partial charge is 0.501 e. The van der Waals surface area contributed by atoms with E-state index in [4.69, 9.17) is 15.9 Å². The zero-order chi connectivity index (χ0) is 19.3. The highest BCUT2D eigenvalue weighted by molar-refractivity contribution is 5.22. The number of allylic oxidation sites excluding steroid dienone is 5. The van der Waals surface area contributed by atoms with Crippen LogP contribution < -0.4 is 5.32 Å². The van der Waals surface area contributed by atoms with Gasteiger partial charge in [0.15, 0.2) is 0 Å². The van der Waals surface area contributed by atoms with Crippen LogP contribution >= 0.6 is 0 Å². The molecule has 0 bridgehead atoms. The molecule has 0 spiro atoms. The van der Waals surface area contributed by atoms with Crippen molar-refractivity contribution in [1.82, 2.24) is 5.32 Å². The standard InChI is InChI=1S/C19H28F3NO2/c1-6-9-18(19(20,21)22)23-11-13-25-12-8-10-17(16(4)24-5)14-15(3)7-2/h1,8-10,15,23H,7,11-14H2,2-5H3/b10-8-,17-16-,18-9-. The maximum Gasteiger partial charge on any atom is 0.431 e. The molecule has 6 heteroatoms. The van der Waals surface area contributed by atoms with Crippen LogP contribution in [0.4, 0.5) is 13.2 Å². The number of alkyl halides is 3. The molecule has 3 nitrogen and oxygen atoms in total. The second-order valence-corrected chi connectivity index (χ2v) is 5.63. The molecular formula is C19H28F3NO2. The topological polar surface area (TPSA) is 30.5 Å². The lowest BCUT2D eigenvalue weighted by molar-refractivity contribution is -0.0969. The van der Waals surface area contributed by atoms with E-state index in [9.17, 15) is 13.2 Å². The number of halogens is 3. The zero-order valence-corrected chi connectivity index (χ0v) is 15.4. The number of terminal acetylenes is 1. The van der Waals surface area contributed by atoms with Crippen LogP contribution in [0.5, 0.6) is 0 Å². The lowest BCUT2D eigenvalue weighted by Crippen LogP contribution is -2.29. The van der Waals surface area contributed by atoms with Crippen molar-refractivity contribution < 1.29 is 22.6 Å². The van der Waals surface area contributed by atoms with Crippen molar-refractivity contribution in [1.29, 1.82) is 0 Å². The lowest BCUT2D eigenvalue weighted by atomic mass is 9.98. The van der Waals surface area contributed by atoms with E-state index in [1.54, 1.807) is 7.11 Å². The van der Waals surface area contributed by atoms with E-state index in [1.165, 1.54) is 0 Å². The van der Waals surface area contributed by atoms with Gasteiger partial charge in [-0.1, -0.05) is 38.3 Å². The second kappa shape index (κ2) is 12.5. The SMILES string of the molecule is C#C/C=C(\NCCOC/C=C\C(CC(C)CC)=C(/C)OC)C(F)(F)F. The maximum absolute atomic E-state index is 12.6. The molecule has 0 aromatic rings. The van der Waals surface area contributed by atoms with Crippen molar-refractivity contribution in [3.05, 3.63) is 35.3 Å². The van der Waals surface area contributed by atoms with Gasteiger partial charge >= 0.3 is 6.18 Å². The number of rotatable bonds is 11. The minimum Gasteiger partial charge on any atom is -0.501 e. The Balaban J connectivity index is 4.32. The summed E-state index contributed by atoms with van der Waals surface area (Å²) in [5.41, 5.74) is 0.151. The van der Waals surface area contributed by atoms with Crippen LogP contribution in [0.15, 0.2) is 35.3 Å². The highest BCUT2D eigenvalue weighted by atomic mass is 19.4. The van der Waals surface area contributed by atoms with Gasteiger partial charge in [0.2, 0.25) is 0 Å². The molecule has 25 heavy (non-hydrogen) atoms. The molecule has 0 aromatic carbocycles. The van der Waals surface area contributed by atoms with Gasteiger partial charge in [0, 0.05) is 12.6 Å². The first-order valence-electron chi connectivity index (χ1n) is 8.21. The molecular weight excluding hydrogens is 331 g/mol. The molecule has 1 unspecified atom stereocenters.